The minimum atomic E-state index is -0.566. The molecule has 7 nitrogen and oxygen atoms in total. The molecular formula is C32H39N3O4. The maximum Gasteiger partial charge on any atom is 0.334 e. The van der Waals surface area contributed by atoms with Crippen LogP contribution in [-0.2, 0) is 12.8 Å². The molecule has 0 amide bonds. The number of benzene rings is 1. The molecule has 3 unspecified atom stereocenters. The van der Waals surface area contributed by atoms with Crippen LogP contribution < -0.4 is 16.0 Å². The zero-order chi connectivity index (χ0) is 27.3. The number of methoxy groups -OCH3 is 1. The fraction of sp³-hybridized carbons (Fsp3) is 0.594. The number of rotatable bonds is 2. The van der Waals surface area contributed by atoms with Crippen LogP contribution in [0.5, 0.6) is 5.75 Å². The summed E-state index contributed by atoms with van der Waals surface area (Å²) in [5.74, 6) is 3.09. The first kappa shape index (κ1) is 25.1. The van der Waals surface area contributed by atoms with Gasteiger partial charge in [0.05, 0.1) is 23.8 Å². The van der Waals surface area contributed by atoms with Crippen LogP contribution in [0.3, 0.4) is 0 Å². The lowest BCUT2D eigenvalue weighted by Gasteiger charge is -2.61. The summed E-state index contributed by atoms with van der Waals surface area (Å²) in [6.45, 7) is 6.90. The number of pyridine rings is 1. The second-order valence-electron chi connectivity index (χ2n) is 13.6. The van der Waals surface area contributed by atoms with E-state index >= 15 is 0 Å². The zero-order valence-corrected chi connectivity index (χ0v) is 23.4. The fourth-order valence-electron chi connectivity index (χ4n) is 9.57. The summed E-state index contributed by atoms with van der Waals surface area (Å²) in [6.07, 6.45) is 8.49. The van der Waals surface area contributed by atoms with Gasteiger partial charge in [-0.3, -0.25) is 9.78 Å². The Morgan fingerprint density at radius 1 is 1.03 bits per heavy atom. The quantitative estimate of drug-likeness (QED) is 0.498. The molecule has 0 aliphatic heterocycles. The van der Waals surface area contributed by atoms with Crippen LogP contribution in [-0.4, -0.2) is 32.4 Å². The van der Waals surface area contributed by atoms with Crippen molar-refractivity contribution < 1.29 is 9.84 Å². The number of hydrogen-bond acceptors (Lipinski definition) is 5. The van der Waals surface area contributed by atoms with Crippen LogP contribution in [0.1, 0.15) is 70.6 Å². The second kappa shape index (κ2) is 8.29. The van der Waals surface area contributed by atoms with Crippen molar-refractivity contribution in [3.63, 3.8) is 0 Å². The van der Waals surface area contributed by atoms with Crippen LogP contribution in [0.4, 0.5) is 0 Å². The molecular weight excluding hydrogens is 490 g/mol. The van der Waals surface area contributed by atoms with E-state index in [2.05, 4.69) is 25.8 Å². The van der Waals surface area contributed by atoms with E-state index in [-0.39, 0.29) is 16.4 Å². The van der Waals surface area contributed by atoms with Crippen molar-refractivity contribution in [1.82, 2.24) is 14.5 Å². The summed E-state index contributed by atoms with van der Waals surface area (Å²) in [5.41, 5.74) is 1.98. The van der Waals surface area contributed by atoms with Crippen molar-refractivity contribution >= 4 is 11.0 Å². The number of nitrogens with zero attached hydrogens (tertiary/aromatic N) is 2. The first-order valence-electron chi connectivity index (χ1n) is 14.6. The third-order valence-corrected chi connectivity index (χ3v) is 12.0. The van der Waals surface area contributed by atoms with E-state index in [9.17, 15) is 14.7 Å². The molecule has 2 heterocycles. The SMILES string of the molecule is COc1ccc(-n2c(=O)[nH]c(=O)c3cc4c(nc32)C[C@@H]2CCC3C5CC[C@](C)(O)[C@@]5(C)CCC3[C@@]2(C)C4)cc1. The Labute approximate surface area is 228 Å². The van der Waals surface area contributed by atoms with Crippen molar-refractivity contribution in [2.75, 3.05) is 7.11 Å². The van der Waals surface area contributed by atoms with Gasteiger partial charge in [-0.2, -0.15) is 0 Å². The number of ether oxygens (including phenoxy) is 1. The van der Waals surface area contributed by atoms with E-state index in [0.29, 0.717) is 46.1 Å². The molecule has 3 fully saturated rings. The third kappa shape index (κ3) is 3.41. The van der Waals surface area contributed by atoms with Gasteiger partial charge in [-0.25, -0.2) is 14.3 Å². The van der Waals surface area contributed by atoms with Crippen molar-refractivity contribution in [2.24, 2.45) is 34.5 Å². The molecule has 2 N–H and O–H groups in total. The van der Waals surface area contributed by atoms with E-state index in [4.69, 9.17) is 9.72 Å². The molecule has 0 radical (unpaired) electrons. The van der Waals surface area contributed by atoms with Gasteiger partial charge in [-0.1, -0.05) is 13.8 Å². The fourth-order valence-corrected chi connectivity index (χ4v) is 9.57. The van der Waals surface area contributed by atoms with Crippen molar-refractivity contribution in [3.8, 4) is 11.4 Å². The third-order valence-electron chi connectivity index (χ3n) is 12.0. The van der Waals surface area contributed by atoms with Crippen molar-refractivity contribution in [3.05, 3.63) is 62.4 Å². The van der Waals surface area contributed by atoms with Crippen LogP contribution in [0.2, 0.25) is 0 Å². The largest absolute Gasteiger partial charge is 0.497 e. The summed E-state index contributed by atoms with van der Waals surface area (Å²) in [7, 11) is 1.61. The van der Waals surface area contributed by atoms with Crippen molar-refractivity contribution in [1.29, 1.82) is 0 Å². The average molecular weight is 530 g/mol. The molecule has 206 valence electrons. The lowest BCUT2D eigenvalue weighted by molar-refractivity contribution is -0.139. The minimum Gasteiger partial charge on any atom is -0.497 e. The number of nitrogens with one attached hydrogen (secondary N) is 1. The molecule has 7 rings (SSSR count). The van der Waals surface area contributed by atoms with Gasteiger partial charge in [-0.05, 0) is 129 Å². The van der Waals surface area contributed by atoms with Crippen LogP contribution in [0, 0.1) is 34.5 Å². The normalized spacial score (nSPS) is 37.1. The first-order chi connectivity index (χ1) is 18.6. The zero-order valence-electron chi connectivity index (χ0n) is 23.4. The van der Waals surface area contributed by atoms with Crippen molar-refractivity contribution in [2.45, 2.75) is 77.7 Å². The Morgan fingerprint density at radius 2 is 1.77 bits per heavy atom. The predicted octanol–water partition coefficient (Wildman–Crippen LogP) is 4.79. The number of aliphatic hydroxyl groups is 1. The highest BCUT2D eigenvalue weighted by atomic mass is 16.5. The monoisotopic (exact) mass is 529 g/mol. The number of aromatic nitrogens is 3. The number of hydrogen-bond donors (Lipinski definition) is 2. The summed E-state index contributed by atoms with van der Waals surface area (Å²) in [6, 6.07) is 9.25. The van der Waals surface area contributed by atoms with Gasteiger partial charge in [0.2, 0.25) is 0 Å². The Morgan fingerprint density at radius 3 is 2.51 bits per heavy atom. The van der Waals surface area contributed by atoms with E-state index in [0.717, 1.165) is 49.8 Å². The molecule has 3 saturated carbocycles. The number of H-pyrrole nitrogens is 1. The Balaban J connectivity index is 1.30. The maximum atomic E-state index is 13.0. The van der Waals surface area contributed by atoms with E-state index in [1.807, 2.05) is 18.2 Å². The second-order valence-corrected chi connectivity index (χ2v) is 13.6. The van der Waals surface area contributed by atoms with Gasteiger partial charge in [0.25, 0.3) is 5.56 Å². The molecule has 4 aliphatic carbocycles. The minimum absolute atomic E-state index is 0.0140. The van der Waals surface area contributed by atoms with Gasteiger partial charge >= 0.3 is 5.69 Å². The molecule has 7 heteroatoms. The van der Waals surface area contributed by atoms with Gasteiger partial charge in [0.15, 0.2) is 5.65 Å². The van der Waals surface area contributed by atoms with Gasteiger partial charge in [-0.15, -0.1) is 0 Å². The molecule has 0 spiro atoms. The highest BCUT2D eigenvalue weighted by Crippen LogP contribution is 2.67. The highest BCUT2D eigenvalue weighted by Gasteiger charge is 2.63. The van der Waals surface area contributed by atoms with Gasteiger partial charge in [0.1, 0.15) is 5.75 Å². The average Bonchev–Trinajstić information content (AvgIpc) is 3.15. The van der Waals surface area contributed by atoms with Crippen LogP contribution >= 0.6 is 0 Å². The summed E-state index contributed by atoms with van der Waals surface area (Å²) < 4.78 is 6.79. The summed E-state index contributed by atoms with van der Waals surface area (Å²) in [5, 5.41) is 11.7. The highest BCUT2D eigenvalue weighted by molar-refractivity contribution is 5.77. The predicted molar refractivity (Wildman–Crippen MR) is 150 cm³/mol. The van der Waals surface area contributed by atoms with E-state index in [1.165, 1.54) is 17.4 Å². The molecule has 1 aromatic carbocycles. The van der Waals surface area contributed by atoms with Gasteiger partial charge in [0, 0.05) is 5.69 Å². The Kier molecular flexibility index (Phi) is 5.33. The molecule has 0 bridgehead atoms. The molecule has 4 aliphatic rings. The maximum absolute atomic E-state index is 13.0. The smallest absolute Gasteiger partial charge is 0.334 e. The van der Waals surface area contributed by atoms with Crippen LogP contribution in [0.15, 0.2) is 39.9 Å². The first-order valence-corrected chi connectivity index (χ1v) is 14.6. The van der Waals surface area contributed by atoms with E-state index in [1.54, 1.807) is 19.2 Å². The molecule has 0 saturated heterocycles. The molecule has 3 aromatic rings. The standard InChI is InChI=1S/C32H39N3O4/c1-30-17-18-15-23-27(35(29(37)34-28(23)36)20-6-8-21(39-4)9-7-20)33-26(18)16-19(30)5-10-22-24(30)11-13-31(2)25(22)12-14-32(31,3)38/h6-9,15,19,22,24-25,38H,5,10-14,16-17H2,1-4H3,(H,34,36,37)/t19-,22?,24?,25?,30-,31-,32-/m0/s1. The summed E-state index contributed by atoms with van der Waals surface area (Å²) in [4.78, 5) is 33.6. The van der Waals surface area contributed by atoms with E-state index < -0.39 is 11.3 Å². The number of fused-ring (bicyclic) bond motifs is 7. The lowest BCUT2D eigenvalue weighted by atomic mass is 9.44. The molecule has 39 heavy (non-hydrogen) atoms. The van der Waals surface area contributed by atoms with Crippen LogP contribution in [0.25, 0.3) is 16.7 Å². The molecule has 2 aromatic heterocycles. The summed E-state index contributed by atoms with van der Waals surface area (Å²) >= 11 is 0. The Hall–Kier alpha value is -2.93. The number of aromatic amines is 1. The molecule has 7 atom stereocenters. The Bertz CT molecular complexity index is 1590. The van der Waals surface area contributed by atoms with Gasteiger partial charge < -0.3 is 9.84 Å². The lowest BCUT2D eigenvalue weighted by Crippen LogP contribution is -2.56. The topological polar surface area (TPSA) is 97.2 Å².